The predicted molar refractivity (Wildman–Crippen MR) is 85.3 cm³/mol. The van der Waals surface area contributed by atoms with E-state index in [-0.39, 0.29) is 5.56 Å². The molecule has 1 aliphatic carbocycles. The fourth-order valence-corrected chi connectivity index (χ4v) is 3.92. The molecule has 0 saturated heterocycles. The molecule has 0 unspecified atom stereocenters. The van der Waals surface area contributed by atoms with Gasteiger partial charge in [0.05, 0.1) is 5.69 Å². The van der Waals surface area contributed by atoms with Crippen LogP contribution in [0.15, 0.2) is 22.2 Å². The van der Waals surface area contributed by atoms with Crippen LogP contribution < -0.4 is 5.56 Å². The van der Waals surface area contributed by atoms with Gasteiger partial charge in [0.15, 0.2) is 5.16 Å². The average molecular weight is 342 g/mol. The van der Waals surface area contributed by atoms with E-state index in [9.17, 15) is 4.79 Å². The van der Waals surface area contributed by atoms with E-state index in [1.165, 1.54) is 11.8 Å². The minimum absolute atomic E-state index is 0.0226. The van der Waals surface area contributed by atoms with Crippen LogP contribution in [0.25, 0.3) is 0 Å². The molecular formula is C14H13Cl2N3OS. The minimum atomic E-state index is -0.0226. The van der Waals surface area contributed by atoms with Crippen LogP contribution in [-0.4, -0.2) is 15.0 Å². The molecule has 21 heavy (non-hydrogen) atoms. The van der Waals surface area contributed by atoms with Gasteiger partial charge in [-0.15, -0.1) is 0 Å². The minimum Gasteiger partial charge on any atom is -0.301 e. The van der Waals surface area contributed by atoms with Gasteiger partial charge in [0.2, 0.25) is 0 Å². The molecule has 110 valence electrons. The predicted octanol–water partition coefficient (Wildman–Crippen LogP) is 3.64. The molecule has 0 aromatic carbocycles. The number of H-pyrrole nitrogens is 1. The van der Waals surface area contributed by atoms with E-state index >= 15 is 0 Å². The van der Waals surface area contributed by atoms with Crippen molar-refractivity contribution in [3.05, 3.63) is 49.6 Å². The summed E-state index contributed by atoms with van der Waals surface area (Å²) in [7, 11) is 0. The van der Waals surface area contributed by atoms with Crippen molar-refractivity contribution < 1.29 is 0 Å². The van der Waals surface area contributed by atoms with Crippen molar-refractivity contribution in [3.63, 3.8) is 0 Å². The molecule has 4 nitrogen and oxygen atoms in total. The molecule has 0 amide bonds. The zero-order valence-corrected chi connectivity index (χ0v) is 13.5. The van der Waals surface area contributed by atoms with Crippen LogP contribution in [0.4, 0.5) is 0 Å². The van der Waals surface area contributed by atoms with Gasteiger partial charge >= 0.3 is 0 Å². The highest BCUT2D eigenvalue weighted by Gasteiger charge is 2.16. The molecular weight excluding hydrogens is 329 g/mol. The van der Waals surface area contributed by atoms with E-state index in [1.54, 1.807) is 12.3 Å². The molecule has 0 atom stereocenters. The number of hydrogen-bond donors (Lipinski definition) is 1. The topological polar surface area (TPSA) is 58.6 Å². The highest BCUT2D eigenvalue weighted by molar-refractivity contribution is 7.98. The third-order valence-corrected chi connectivity index (χ3v) is 5.05. The maximum Gasteiger partial charge on any atom is 0.254 e. The van der Waals surface area contributed by atoms with Crippen molar-refractivity contribution in [2.24, 2.45) is 0 Å². The van der Waals surface area contributed by atoms with Crippen LogP contribution in [0.5, 0.6) is 0 Å². The Morgan fingerprint density at radius 2 is 2.10 bits per heavy atom. The maximum absolute atomic E-state index is 12.1. The number of fused-ring (bicyclic) bond motifs is 1. The van der Waals surface area contributed by atoms with Crippen LogP contribution in [0.1, 0.15) is 29.7 Å². The van der Waals surface area contributed by atoms with Gasteiger partial charge in [-0.25, -0.2) is 9.97 Å². The Hall–Kier alpha value is -1.04. The highest BCUT2D eigenvalue weighted by Crippen LogP contribution is 2.29. The smallest absolute Gasteiger partial charge is 0.254 e. The summed E-state index contributed by atoms with van der Waals surface area (Å²) in [5.41, 5.74) is 2.50. The van der Waals surface area contributed by atoms with Crippen LogP contribution >= 0.6 is 35.0 Å². The summed E-state index contributed by atoms with van der Waals surface area (Å²) in [6.07, 6.45) is 5.42. The van der Waals surface area contributed by atoms with Crippen molar-refractivity contribution in [3.8, 4) is 0 Å². The van der Waals surface area contributed by atoms with E-state index in [0.29, 0.717) is 21.1 Å². The molecule has 0 saturated carbocycles. The number of nitrogens with zero attached hydrogens (tertiary/aromatic N) is 2. The molecule has 0 radical (unpaired) electrons. The number of halogens is 2. The first-order chi connectivity index (χ1) is 10.1. The van der Waals surface area contributed by atoms with Gasteiger partial charge in [0, 0.05) is 28.1 Å². The Labute approximate surface area is 136 Å². The monoisotopic (exact) mass is 341 g/mol. The summed E-state index contributed by atoms with van der Waals surface area (Å²) >= 11 is 13.6. The Morgan fingerprint density at radius 3 is 2.90 bits per heavy atom. The van der Waals surface area contributed by atoms with Crippen molar-refractivity contribution >= 4 is 35.0 Å². The fraction of sp³-hybridized carbons (Fsp3) is 0.357. The number of nitrogens with one attached hydrogen (secondary N) is 1. The molecule has 0 aliphatic heterocycles. The summed E-state index contributed by atoms with van der Waals surface area (Å²) < 4.78 is 0. The molecule has 2 aromatic rings. The van der Waals surface area contributed by atoms with Gasteiger partial charge < -0.3 is 4.98 Å². The van der Waals surface area contributed by atoms with Gasteiger partial charge in [-0.05, 0) is 31.7 Å². The maximum atomic E-state index is 12.1. The standard InChI is InChI=1S/C14H13Cl2N3OS/c15-10-5-6-17-12(16)9(10)7-21-14-18-11-4-2-1-3-8(11)13(20)19-14/h5-6H,1-4,7H2,(H,18,19,20). The Morgan fingerprint density at radius 1 is 1.29 bits per heavy atom. The van der Waals surface area contributed by atoms with Crippen LogP contribution in [-0.2, 0) is 18.6 Å². The van der Waals surface area contributed by atoms with Gasteiger partial charge in [0.1, 0.15) is 5.15 Å². The number of thioether (sulfide) groups is 1. The highest BCUT2D eigenvalue weighted by atomic mass is 35.5. The first kappa shape index (κ1) is 14.9. The zero-order chi connectivity index (χ0) is 14.8. The first-order valence-corrected chi connectivity index (χ1v) is 8.43. The zero-order valence-electron chi connectivity index (χ0n) is 11.2. The van der Waals surface area contributed by atoms with E-state index in [4.69, 9.17) is 23.2 Å². The molecule has 1 aliphatic rings. The largest absolute Gasteiger partial charge is 0.301 e. The lowest BCUT2D eigenvalue weighted by molar-refractivity contribution is 0.641. The molecule has 2 heterocycles. The number of rotatable bonds is 3. The van der Waals surface area contributed by atoms with Gasteiger partial charge in [0.25, 0.3) is 5.56 Å². The SMILES string of the molecule is O=c1[nH]c(SCc2c(Cl)ccnc2Cl)nc2c1CCCC2. The molecule has 0 fully saturated rings. The van der Waals surface area contributed by atoms with Gasteiger partial charge in [-0.2, -0.15) is 0 Å². The van der Waals surface area contributed by atoms with Crippen LogP contribution in [0, 0.1) is 0 Å². The van der Waals surface area contributed by atoms with Crippen LogP contribution in [0.3, 0.4) is 0 Å². The Kier molecular flexibility index (Phi) is 4.52. The van der Waals surface area contributed by atoms with Gasteiger partial charge in [-0.1, -0.05) is 35.0 Å². The van der Waals surface area contributed by atoms with E-state index < -0.39 is 0 Å². The summed E-state index contributed by atoms with van der Waals surface area (Å²) in [6, 6.07) is 1.70. The lowest BCUT2D eigenvalue weighted by Crippen LogP contribution is -2.21. The third-order valence-electron chi connectivity index (χ3n) is 3.47. The number of aromatic nitrogens is 3. The lowest BCUT2D eigenvalue weighted by atomic mass is 9.97. The summed E-state index contributed by atoms with van der Waals surface area (Å²) in [5.74, 6) is 0.521. The molecule has 3 rings (SSSR count). The molecule has 7 heteroatoms. The quantitative estimate of drug-likeness (QED) is 0.526. The lowest BCUT2D eigenvalue weighted by Gasteiger charge is -2.14. The van der Waals surface area contributed by atoms with Crippen molar-refractivity contribution in [2.75, 3.05) is 0 Å². The first-order valence-electron chi connectivity index (χ1n) is 6.69. The normalized spacial score (nSPS) is 14.0. The number of aromatic amines is 1. The summed E-state index contributed by atoms with van der Waals surface area (Å²) in [4.78, 5) is 23.5. The second-order valence-electron chi connectivity index (χ2n) is 4.85. The van der Waals surface area contributed by atoms with Crippen molar-refractivity contribution in [2.45, 2.75) is 36.6 Å². The van der Waals surface area contributed by atoms with Gasteiger partial charge in [-0.3, -0.25) is 4.79 Å². The fourth-order valence-electron chi connectivity index (χ4n) is 2.36. The van der Waals surface area contributed by atoms with Crippen molar-refractivity contribution in [1.29, 1.82) is 0 Å². The molecule has 1 N–H and O–H groups in total. The Bertz CT molecular complexity index is 712. The number of pyridine rings is 1. The summed E-state index contributed by atoms with van der Waals surface area (Å²) in [5, 5.41) is 1.56. The van der Waals surface area contributed by atoms with Crippen LogP contribution in [0.2, 0.25) is 10.2 Å². The number of aryl methyl sites for hydroxylation is 1. The van der Waals surface area contributed by atoms with E-state index in [2.05, 4.69) is 15.0 Å². The second-order valence-corrected chi connectivity index (χ2v) is 6.58. The molecule has 0 spiro atoms. The number of hydrogen-bond acceptors (Lipinski definition) is 4. The summed E-state index contributed by atoms with van der Waals surface area (Å²) in [6.45, 7) is 0. The third kappa shape index (κ3) is 3.25. The average Bonchev–Trinajstić information content (AvgIpc) is 2.47. The second kappa shape index (κ2) is 6.38. The Balaban J connectivity index is 1.83. The van der Waals surface area contributed by atoms with E-state index in [1.807, 2.05) is 0 Å². The molecule has 0 bridgehead atoms. The van der Waals surface area contributed by atoms with Crippen molar-refractivity contribution in [1.82, 2.24) is 15.0 Å². The molecule has 2 aromatic heterocycles. The van der Waals surface area contributed by atoms with E-state index in [0.717, 1.165) is 42.5 Å².